The van der Waals surface area contributed by atoms with E-state index in [2.05, 4.69) is 24.9 Å². The van der Waals surface area contributed by atoms with Crippen molar-refractivity contribution < 1.29 is 0 Å². The molecular weight excluding hydrogens is 204 g/mol. The lowest BCUT2D eigenvalue weighted by atomic mass is 10.1. The van der Waals surface area contributed by atoms with Gasteiger partial charge in [-0.15, -0.1) is 0 Å². The van der Waals surface area contributed by atoms with Gasteiger partial charge in [0.1, 0.15) is 0 Å². The molecule has 0 amide bonds. The molecule has 1 aromatic heterocycles. The summed E-state index contributed by atoms with van der Waals surface area (Å²) in [7, 11) is 0. The van der Waals surface area contributed by atoms with Gasteiger partial charge in [-0.25, -0.2) is 0 Å². The Labute approximate surface area is 96.7 Å². The van der Waals surface area contributed by atoms with Crippen LogP contribution in [0.4, 0.5) is 0 Å². The molecular formula is C12H20N2S. The molecule has 0 aliphatic carbocycles. The van der Waals surface area contributed by atoms with Crippen molar-refractivity contribution in [3.63, 3.8) is 0 Å². The average molecular weight is 224 g/mol. The summed E-state index contributed by atoms with van der Waals surface area (Å²) in [5.74, 6) is 1.18. The van der Waals surface area contributed by atoms with Crippen molar-refractivity contribution >= 4 is 11.8 Å². The number of hydrogen-bond acceptors (Lipinski definition) is 3. The summed E-state index contributed by atoms with van der Waals surface area (Å²) >= 11 is 1.94. The summed E-state index contributed by atoms with van der Waals surface area (Å²) in [5, 5.41) is 0.380. The van der Waals surface area contributed by atoms with E-state index in [9.17, 15) is 0 Å². The van der Waals surface area contributed by atoms with Crippen LogP contribution < -0.4 is 5.73 Å². The Morgan fingerprint density at radius 3 is 2.87 bits per heavy atom. The number of thioether (sulfide) groups is 1. The van der Waals surface area contributed by atoms with E-state index in [4.69, 9.17) is 5.73 Å². The molecule has 0 radical (unpaired) electrons. The molecule has 84 valence electrons. The smallest absolute Gasteiger partial charge is 0.0460 e. The molecule has 1 heterocycles. The van der Waals surface area contributed by atoms with Crippen molar-refractivity contribution in [2.24, 2.45) is 5.73 Å². The predicted octanol–water partition coefficient (Wildman–Crippen LogP) is 3.00. The lowest BCUT2D eigenvalue weighted by Gasteiger charge is -2.20. The number of nitrogens with zero attached hydrogens (tertiary/aromatic N) is 1. The number of hydrogen-bond donors (Lipinski definition) is 1. The van der Waals surface area contributed by atoms with Crippen LogP contribution in [0.2, 0.25) is 0 Å². The van der Waals surface area contributed by atoms with E-state index in [1.165, 1.54) is 24.2 Å². The lowest BCUT2D eigenvalue weighted by Crippen LogP contribution is -2.23. The van der Waals surface area contributed by atoms with Crippen LogP contribution in [0.1, 0.15) is 37.5 Å². The number of nitrogens with two attached hydrogens (primary N) is 1. The number of pyridine rings is 1. The summed E-state index contributed by atoms with van der Waals surface area (Å²) in [6, 6.07) is 4.27. The summed E-state index contributed by atoms with van der Waals surface area (Å²) in [6.07, 6.45) is 6.23. The van der Waals surface area contributed by atoms with Crippen LogP contribution >= 0.6 is 11.8 Å². The Bertz CT molecular complexity index is 262. The SMILES string of the molecule is CCCCSC(c1cccnc1)C(C)N. The standard InChI is InChI=1S/C12H20N2S/c1-3-4-8-15-12(10(2)13)11-6-5-7-14-9-11/h5-7,9-10,12H,3-4,8,13H2,1-2H3. The third-order valence-corrected chi connectivity index (χ3v) is 3.87. The Hall–Kier alpha value is -0.540. The molecule has 0 saturated carbocycles. The zero-order valence-electron chi connectivity index (χ0n) is 9.52. The lowest BCUT2D eigenvalue weighted by molar-refractivity contribution is 0.717. The predicted molar refractivity (Wildman–Crippen MR) is 68.0 cm³/mol. The minimum Gasteiger partial charge on any atom is -0.327 e. The van der Waals surface area contributed by atoms with Crippen molar-refractivity contribution in [3.8, 4) is 0 Å². The van der Waals surface area contributed by atoms with Crippen LogP contribution in [0.3, 0.4) is 0 Å². The molecule has 0 fully saturated rings. The molecule has 2 N–H and O–H groups in total. The molecule has 1 rings (SSSR count). The van der Waals surface area contributed by atoms with E-state index in [1.807, 2.05) is 24.0 Å². The zero-order chi connectivity index (χ0) is 11.1. The van der Waals surface area contributed by atoms with Crippen LogP contribution in [-0.4, -0.2) is 16.8 Å². The van der Waals surface area contributed by atoms with Gasteiger partial charge in [0.05, 0.1) is 0 Å². The quantitative estimate of drug-likeness (QED) is 0.755. The monoisotopic (exact) mass is 224 g/mol. The van der Waals surface area contributed by atoms with E-state index in [-0.39, 0.29) is 6.04 Å². The second-order valence-electron chi connectivity index (χ2n) is 3.79. The fourth-order valence-corrected chi connectivity index (χ4v) is 2.80. The highest BCUT2D eigenvalue weighted by atomic mass is 32.2. The van der Waals surface area contributed by atoms with Crippen molar-refractivity contribution in [2.45, 2.75) is 38.0 Å². The van der Waals surface area contributed by atoms with Crippen LogP contribution in [0.25, 0.3) is 0 Å². The second kappa shape index (κ2) is 6.85. The van der Waals surface area contributed by atoms with Crippen molar-refractivity contribution in [1.29, 1.82) is 0 Å². The van der Waals surface area contributed by atoms with E-state index < -0.39 is 0 Å². The first-order valence-electron chi connectivity index (χ1n) is 5.52. The van der Waals surface area contributed by atoms with E-state index in [0.717, 1.165) is 0 Å². The van der Waals surface area contributed by atoms with Gasteiger partial charge in [0, 0.05) is 23.7 Å². The van der Waals surface area contributed by atoms with Gasteiger partial charge in [-0.1, -0.05) is 19.4 Å². The summed E-state index contributed by atoms with van der Waals surface area (Å²) in [6.45, 7) is 4.28. The number of aromatic nitrogens is 1. The van der Waals surface area contributed by atoms with E-state index >= 15 is 0 Å². The first-order valence-corrected chi connectivity index (χ1v) is 6.57. The summed E-state index contributed by atoms with van der Waals surface area (Å²) < 4.78 is 0. The zero-order valence-corrected chi connectivity index (χ0v) is 10.3. The van der Waals surface area contributed by atoms with Gasteiger partial charge in [0.15, 0.2) is 0 Å². The number of unbranched alkanes of at least 4 members (excludes halogenated alkanes) is 1. The van der Waals surface area contributed by atoms with Gasteiger partial charge in [-0.2, -0.15) is 11.8 Å². The largest absolute Gasteiger partial charge is 0.327 e. The molecule has 0 saturated heterocycles. The molecule has 2 unspecified atom stereocenters. The minimum absolute atomic E-state index is 0.177. The van der Waals surface area contributed by atoms with Gasteiger partial charge < -0.3 is 5.73 Å². The summed E-state index contributed by atoms with van der Waals surface area (Å²) in [5.41, 5.74) is 7.25. The Kier molecular flexibility index (Phi) is 5.73. The van der Waals surface area contributed by atoms with Gasteiger partial charge >= 0.3 is 0 Å². The highest BCUT2D eigenvalue weighted by Gasteiger charge is 2.16. The fraction of sp³-hybridized carbons (Fsp3) is 0.583. The maximum atomic E-state index is 6.00. The maximum Gasteiger partial charge on any atom is 0.0460 e. The second-order valence-corrected chi connectivity index (χ2v) is 5.04. The van der Waals surface area contributed by atoms with Gasteiger partial charge in [0.25, 0.3) is 0 Å². The van der Waals surface area contributed by atoms with Crippen LogP contribution in [0.15, 0.2) is 24.5 Å². The summed E-state index contributed by atoms with van der Waals surface area (Å²) in [4.78, 5) is 4.15. The fourth-order valence-electron chi connectivity index (χ4n) is 1.45. The normalized spacial score (nSPS) is 14.9. The van der Waals surface area contributed by atoms with Gasteiger partial charge in [-0.05, 0) is 30.7 Å². The van der Waals surface area contributed by atoms with Gasteiger partial charge in [0.2, 0.25) is 0 Å². The highest BCUT2D eigenvalue weighted by Crippen LogP contribution is 2.31. The molecule has 15 heavy (non-hydrogen) atoms. The molecule has 2 atom stereocenters. The molecule has 0 aliphatic rings. The molecule has 0 spiro atoms. The molecule has 0 aromatic carbocycles. The first kappa shape index (κ1) is 12.5. The van der Waals surface area contributed by atoms with Crippen LogP contribution in [-0.2, 0) is 0 Å². The highest BCUT2D eigenvalue weighted by molar-refractivity contribution is 7.99. The topological polar surface area (TPSA) is 38.9 Å². The van der Waals surface area contributed by atoms with Crippen LogP contribution in [0, 0.1) is 0 Å². The number of rotatable bonds is 6. The molecule has 0 bridgehead atoms. The average Bonchev–Trinajstić information content (AvgIpc) is 2.25. The molecule has 2 nitrogen and oxygen atoms in total. The van der Waals surface area contributed by atoms with E-state index in [0.29, 0.717) is 5.25 Å². The Balaban J connectivity index is 2.58. The molecule has 1 aromatic rings. The van der Waals surface area contributed by atoms with E-state index in [1.54, 1.807) is 6.20 Å². The minimum atomic E-state index is 0.177. The maximum absolute atomic E-state index is 6.00. The Morgan fingerprint density at radius 1 is 1.53 bits per heavy atom. The van der Waals surface area contributed by atoms with Crippen molar-refractivity contribution in [2.75, 3.05) is 5.75 Å². The molecule has 0 aliphatic heterocycles. The first-order chi connectivity index (χ1) is 7.25. The third-order valence-electron chi connectivity index (χ3n) is 2.29. The van der Waals surface area contributed by atoms with Crippen molar-refractivity contribution in [1.82, 2.24) is 4.98 Å². The van der Waals surface area contributed by atoms with Crippen molar-refractivity contribution in [3.05, 3.63) is 30.1 Å². The Morgan fingerprint density at radius 2 is 2.33 bits per heavy atom. The third kappa shape index (κ3) is 4.22. The van der Waals surface area contributed by atoms with Gasteiger partial charge in [-0.3, -0.25) is 4.98 Å². The molecule has 3 heteroatoms. The van der Waals surface area contributed by atoms with Crippen LogP contribution in [0.5, 0.6) is 0 Å².